The van der Waals surface area contributed by atoms with E-state index in [4.69, 9.17) is 0 Å². The fourth-order valence-electron chi connectivity index (χ4n) is 4.21. The van der Waals surface area contributed by atoms with Crippen molar-refractivity contribution in [1.29, 1.82) is 0 Å². The molecule has 1 heterocycles. The highest BCUT2D eigenvalue weighted by Gasteiger charge is 2.40. The summed E-state index contributed by atoms with van der Waals surface area (Å²) in [4.78, 5) is 28.5. The summed E-state index contributed by atoms with van der Waals surface area (Å²) < 4.78 is 38.7. The molecule has 0 saturated carbocycles. The van der Waals surface area contributed by atoms with E-state index in [1.165, 1.54) is 17.0 Å². The highest BCUT2D eigenvalue weighted by atomic mass is 32.2. The summed E-state index contributed by atoms with van der Waals surface area (Å²) in [5.41, 5.74) is 1.76. The minimum atomic E-state index is -4.44. The summed E-state index contributed by atoms with van der Waals surface area (Å²) in [6.07, 6.45) is -0.749. The van der Waals surface area contributed by atoms with Crippen LogP contribution in [-0.4, -0.2) is 17.9 Å². The molecule has 30 heavy (non-hydrogen) atoms. The number of alkyl halides is 3. The van der Waals surface area contributed by atoms with E-state index >= 15 is 0 Å². The molecule has 3 nitrogen and oxygen atoms in total. The number of Topliss-reactive ketones (excluding diaryl/α,β-unsaturated/α-hetero) is 1. The highest BCUT2D eigenvalue weighted by molar-refractivity contribution is 7.98. The van der Waals surface area contributed by atoms with E-state index in [0.29, 0.717) is 36.2 Å². The van der Waals surface area contributed by atoms with Crippen LogP contribution in [0.3, 0.4) is 0 Å². The number of thioether (sulfide) groups is 1. The van der Waals surface area contributed by atoms with Crippen LogP contribution in [0.15, 0.2) is 64.7 Å². The Kier molecular flexibility index (Phi) is 5.49. The monoisotopic (exact) mass is 431 g/mol. The van der Waals surface area contributed by atoms with Gasteiger partial charge in [0, 0.05) is 40.6 Å². The van der Waals surface area contributed by atoms with Gasteiger partial charge in [-0.25, -0.2) is 0 Å². The first kappa shape index (κ1) is 20.7. The summed E-state index contributed by atoms with van der Waals surface area (Å²) in [6, 6.07) is 12.4. The molecule has 4 rings (SSSR count). The smallest absolute Gasteiger partial charge is 0.294 e. The SMILES string of the molecule is CSc1ccc(C2CC(=O)N(c3ccc(C(F)(F)F)cc3)C3=C2C(=O)CCC3)cc1. The molecular formula is C23H20F3NO2S. The Morgan fingerprint density at radius 1 is 0.967 bits per heavy atom. The second-order valence-corrected chi connectivity index (χ2v) is 8.32. The van der Waals surface area contributed by atoms with Gasteiger partial charge in [-0.2, -0.15) is 13.2 Å². The molecule has 0 bridgehead atoms. The first-order valence-corrected chi connectivity index (χ1v) is 10.9. The van der Waals surface area contributed by atoms with Crippen molar-refractivity contribution in [2.24, 2.45) is 0 Å². The van der Waals surface area contributed by atoms with Crippen molar-refractivity contribution in [3.63, 3.8) is 0 Å². The van der Waals surface area contributed by atoms with Gasteiger partial charge >= 0.3 is 6.18 Å². The lowest BCUT2D eigenvalue weighted by Gasteiger charge is -2.38. The Morgan fingerprint density at radius 3 is 2.23 bits per heavy atom. The lowest BCUT2D eigenvalue weighted by atomic mass is 9.77. The zero-order valence-corrected chi connectivity index (χ0v) is 17.1. The van der Waals surface area contributed by atoms with E-state index in [2.05, 4.69) is 0 Å². The second kappa shape index (κ2) is 7.95. The normalized spacial score (nSPS) is 19.9. The maximum absolute atomic E-state index is 13.1. The number of hydrogen-bond donors (Lipinski definition) is 0. The quantitative estimate of drug-likeness (QED) is 0.563. The molecule has 1 atom stereocenters. The molecule has 2 aliphatic rings. The molecule has 1 aliphatic carbocycles. The van der Waals surface area contributed by atoms with Crippen molar-refractivity contribution < 1.29 is 22.8 Å². The predicted octanol–water partition coefficient (Wildman–Crippen LogP) is 5.95. The minimum absolute atomic E-state index is 0.0135. The summed E-state index contributed by atoms with van der Waals surface area (Å²) >= 11 is 1.61. The average molecular weight is 431 g/mol. The molecule has 2 aromatic carbocycles. The second-order valence-electron chi connectivity index (χ2n) is 7.44. The molecule has 1 unspecified atom stereocenters. The number of hydrogen-bond acceptors (Lipinski definition) is 3. The molecule has 0 N–H and O–H groups in total. The van der Waals surface area contributed by atoms with Gasteiger partial charge in [0.15, 0.2) is 5.78 Å². The van der Waals surface area contributed by atoms with Crippen LogP contribution in [0.5, 0.6) is 0 Å². The minimum Gasteiger partial charge on any atom is -0.294 e. The van der Waals surface area contributed by atoms with E-state index in [1.54, 1.807) is 11.8 Å². The van der Waals surface area contributed by atoms with Crippen LogP contribution in [0.4, 0.5) is 18.9 Å². The van der Waals surface area contributed by atoms with Gasteiger partial charge in [0.05, 0.1) is 5.56 Å². The number of ketones is 1. The summed E-state index contributed by atoms with van der Waals surface area (Å²) in [5, 5.41) is 0. The number of anilines is 1. The topological polar surface area (TPSA) is 37.4 Å². The van der Waals surface area contributed by atoms with Crippen molar-refractivity contribution in [2.75, 3.05) is 11.2 Å². The van der Waals surface area contributed by atoms with Crippen molar-refractivity contribution >= 4 is 29.1 Å². The summed E-state index contributed by atoms with van der Waals surface area (Å²) in [6.45, 7) is 0. The number of benzene rings is 2. The molecule has 0 aromatic heterocycles. The van der Waals surface area contributed by atoms with Crippen molar-refractivity contribution in [3.05, 3.63) is 70.9 Å². The number of nitrogens with zero attached hydrogens (tertiary/aromatic N) is 1. The van der Waals surface area contributed by atoms with Crippen LogP contribution < -0.4 is 4.90 Å². The molecule has 7 heteroatoms. The van der Waals surface area contributed by atoms with E-state index in [-0.39, 0.29) is 24.0 Å². The molecule has 0 radical (unpaired) electrons. The van der Waals surface area contributed by atoms with Gasteiger partial charge in [0.25, 0.3) is 0 Å². The number of carbonyl (C=O) groups is 2. The van der Waals surface area contributed by atoms with Gasteiger partial charge in [-0.05, 0) is 61.1 Å². The van der Waals surface area contributed by atoms with E-state index < -0.39 is 11.7 Å². The molecule has 0 fully saturated rings. The fourth-order valence-corrected chi connectivity index (χ4v) is 4.62. The number of allylic oxidation sites excluding steroid dienone is 2. The maximum Gasteiger partial charge on any atom is 0.416 e. The third-order valence-corrected chi connectivity index (χ3v) is 6.39. The predicted molar refractivity (Wildman–Crippen MR) is 110 cm³/mol. The van der Waals surface area contributed by atoms with E-state index in [0.717, 1.165) is 22.6 Å². The number of carbonyl (C=O) groups excluding carboxylic acids is 2. The zero-order chi connectivity index (χ0) is 21.5. The number of amides is 1. The zero-order valence-electron chi connectivity index (χ0n) is 16.3. The summed E-state index contributed by atoms with van der Waals surface area (Å²) in [7, 11) is 0. The Bertz CT molecular complexity index is 1010. The van der Waals surface area contributed by atoms with Crippen LogP contribution in [0.1, 0.15) is 42.7 Å². The fraction of sp³-hybridized carbons (Fsp3) is 0.304. The Labute approximate surface area is 177 Å². The average Bonchev–Trinajstić information content (AvgIpc) is 2.73. The number of halogens is 3. The molecule has 156 valence electrons. The third-order valence-electron chi connectivity index (χ3n) is 5.65. The van der Waals surface area contributed by atoms with Gasteiger partial charge in [-0.15, -0.1) is 11.8 Å². The molecular weight excluding hydrogens is 411 g/mol. The van der Waals surface area contributed by atoms with Crippen LogP contribution >= 0.6 is 11.8 Å². The van der Waals surface area contributed by atoms with Crippen LogP contribution in [0, 0.1) is 0 Å². The standard InChI is InChI=1S/C23H20F3NO2S/c1-30-17-11-5-14(6-12-17)18-13-21(29)27(19-3-2-4-20(28)22(18)19)16-9-7-15(8-10-16)23(24,25)26/h5-12,18H,2-4,13H2,1H3. The van der Waals surface area contributed by atoms with Gasteiger partial charge in [-0.3, -0.25) is 14.5 Å². The van der Waals surface area contributed by atoms with E-state index in [9.17, 15) is 22.8 Å². The Balaban J connectivity index is 1.77. The highest BCUT2D eigenvalue weighted by Crippen LogP contribution is 2.44. The van der Waals surface area contributed by atoms with E-state index in [1.807, 2.05) is 30.5 Å². The van der Waals surface area contributed by atoms with Gasteiger partial charge in [0.2, 0.25) is 5.91 Å². The first-order valence-electron chi connectivity index (χ1n) is 9.70. The van der Waals surface area contributed by atoms with Crippen molar-refractivity contribution in [2.45, 2.75) is 42.7 Å². The van der Waals surface area contributed by atoms with Crippen LogP contribution in [-0.2, 0) is 15.8 Å². The van der Waals surface area contributed by atoms with Crippen LogP contribution in [0.25, 0.3) is 0 Å². The lowest BCUT2D eigenvalue weighted by Crippen LogP contribution is -2.40. The van der Waals surface area contributed by atoms with Gasteiger partial charge in [0.1, 0.15) is 0 Å². The van der Waals surface area contributed by atoms with Crippen LogP contribution in [0.2, 0.25) is 0 Å². The Hall–Kier alpha value is -2.54. The van der Waals surface area contributed by atoms with Gasteiger partial charge < -0.3 is 0 Å². The molecule has 2 aromatic rings. The third kappa shape index (κ3) is 3.78. The maximum atomic E-state index is 13.1. The summed E-state index contributed by atoms with van der Waals surface area (Å²) in [5.74, 6) is -0.510. The van der Waals surface area contributed by atoms with Crippen molar-refractivity contribution in [1.82, 2.24) is 0 Å². The lowest BCUT2D eigenvalue weighted by molar-refractivity contribution is -0.137. The number of rotatable bonds is 3. The Morgan fingerprint density at radius 2 is 1.63 bits per heavy atom. The largest absolute Gasteiger partial charge is 0.416 e. The van der Waals surface area contributed by atoms with Gasteiger partial charge in [-0.1, -0.05) is 12.1 Å². The molecule has 1 aliphatic heterocycles. The molecule has 0 saturated heterocycles. The molecule has 0 spiro atoms. The first-order chi connectivity index (χ1) is 14.3. The molecule has 1 amide bonds. The van der Waals surface area contributed by atoms with Crippen molar-refractivity contribution in [3.8, 4) is 0 Å².